The lowest BCUT2D eigenvalue weighted by atomic mass is 10.0. The first-order chi connectivity index (χ1) is 8.41. The number of carboxylic acid groups (broad SMARTS) is 1. The Morgan fingerprint density at radius 2 is 2.06 bits per heavy atom. The van der Waals surface area contributed by atoms with Crippen molar-refractivity contribution in [1.82, 2.24) is 9.80 Å². The summed E-state index contributed by atoms with van der Waals surface area (Å²) in [4.78, 5) is 26.2. The largest absolute Gasteiger partial charge is 0.480 e. The number of piperidine rings is 1. The number of carbonyl (C=O) groups is 2. The Morgan fingerprint density at radius 1 is 1.39 bits per heavy atom. The van der Waals surface area contributed by atoms with Gasteiger partial charge in [-0.15, -0.1) is 0 Å². The fraction of sp³-hybridized carbons (Fsp3) is 0.846. The third kappa shape index (κ3) is 4.29. The Balaban J connectivity index is 2.65. The van der Waals surface area contributed by atoms with Crippen molar-refractivity contribution in [2.24, 2.45) is 0 Å². The van der Waals surface area contributed by atoms with Crippen molar-refractivity contribution in [2.75, 3.05) is 19.6 Å². The van der Waals surface area contributed by atoms with E-state index in [4.69, 9.17) is 5.11 Å². The van der Waals surface area contributed by atoms with Gasteiger partial charge >= 0.3 is 5.97 Å². The minimum atomic E-state index is -0.791. The highest BCUT2D eigenvalue weighted by atomic mass is 16.4. The van der Waals surface area contributed by atoms with Crippen LogP contribution in [0.3, 0.4) is 0 Å². The summed E-state index contributed by atoms with van der Waals surface area (Å²) in [5.74, 6) is -0.730. The minimum absolute atomic E-state index is 0.0610. The average Bonchev–Trinajstić information content (AvgIpc) is 2.26. The van der Waals surface area contributed by atoms with Gasteiger partial charge in [0, 0.05) is 25.6 Å². The standard InChI is InChI=1S/C13H24N2O3/c1-10(2)15(11(3)16)8-12-6-4-5-7-14(12)9-13(17)18/h10,12H,4-9H2,1-3H3,(H,17,18). The van der Waals surface area contributed by atoms with Crippen LogP contribution in [0.5, 0.6) is 0 Å². The van der Waals surface area contributed by atoms with Crippen LogP contribution in [0.1, 0.15) is 40.0 Å². The van der Waals surface area contributed by atoms with Crippen LogP contribution in [0.15, 0.2) is 0 Å². The van der Waals surface area contributed by atoms with Gasteiger partial charge in [0.25, 0.3) is 0 Å². The van der Waals surface area contributed by atoms with Crippen molar-refractivity contribution in [3.63, 3.8) is 0 Å². The van der Waals surface area contributed by atoms with E-state index in [-0.39, 0.29) is 24.5 Å². The number of likely N-dealkylation sites (tertiary alicyclic amines) is 1. The molecule has 0 aromatic heterocycles. The van der Waals surface area contributed by atoms with E-state index in [1.54, 1.807) is 6.92 Å². The van der Waals surface area contributed by atoms with Gasteiger partial charge in [0.2, 0.25) is 5.91 Å². The Hall–Kier alpha value is -1.10. The van der Waals surface area contributed by atoms with Crippen molar-refractivity contribution < 1.29 is 14.7 Å². The normalized spacial score (nSPS) is 21.0. The van der Waals surface area contributed by atoms with Gasteiger partial charge in [-0.2, -0.15) is 0 Å². The zero-order valence-corrected chi connectivity index (χ0v) is 11.6. The van der Waals surface area contributed by atoms with E-state index in [0.717, 1.165) is 25.8 Å². The summed E-state index contributed by atoms with van der Waals surface area (Å²) in [6, 6.07) is 0.345. The second-order valence-electron chi connectivity index (χ2n) is 5.28. The maximum Gasteiger partial charge on any atom is 0.317 e. The molecule has 1 rings (SSSR count). The van der Waals surface area contributed by atoms with Crippen LogP contribution in [0.25, 0.3) is 0 Å². The SMILES string of the molecule is CC(=O)N(CC1CCCCN1CC(=O)O)C(C)C. The van der Waals surface area contributed by atoms with Gasteiger partial charge in [-0.05, 0) is 33.2 Å². The molecule has 0 aromatic rings. The van der Waals surface area contributed by atoms with Crippen molar-refractivity contribution in [3.8, 4) is 0 Å². The number of nitrogens with zero attached hydrogens (tertiary/aromatic N) is 2. The van der Waals surface area contributed by atoms with Crippen LogP contribution in [-0.4, -0.2) is 58.5 Å². The van der Waals surface area contributed by atoms with Gasteiger partial charge < -0.3 is 10.0 Å². The number of hydrogen-bond acceptors (Lipinski definition) is 3. The van der Waals surface area contributed by atoms with Gasteiger partial charge in [0.15, 0.2) is 0 Å². The maximum atomic E-state index is 11.6. The van der Waals surface area contributed by atoms with Crippen molar-refractivity contribution in [2.45, 2.75) is 52.1 Å². The van der Waals surface area contributed by atoms with Gasteiger partial charge in [0.1, 0.15) is 0 Å². The molecular formula is C13H24N2O3. The molecule has 1 aliphatic heterocycles. The molecule has 0 aromatic carbocycles. The zero-order chi connectivity index (χ0) is 13.7. The van der Waals surface area contributed by atoms with E-state index in [2.05, 4.69) is 0 Å². The van der Waals surface area contributed by atoms with Crippen molar-refractivity contribution >= 4 is 11.9 Å². The van der Waals surface area contributed by atoms with Crippen LogP contribution in [-0.2, 0) is 9.59 Å². The number of rotatable bonds is 5. The second kappa shape index (κ2) is 6.73. The monoisotopic (exact) mass is 256 g/mol. The molecule has 0 bridgehead atoms. The Labute approximate surface area is 109 Å². The lowest BCUT2D eigenvalue weighted by Crippen LogP contribution is -2.51. The first-order valence-corrected chi connectivity index (χ1v) is 6.65. The molecular weight excluding hydrogens is 232 g/mol. The van der Waals surface area contributed by atoms with Gasteiger partial charge in [0.05, 0.1) is 6.54 Å². The molecule has 0 radical (unpaired) electrons. The Morgan fingerprint density at radius 3 is 2.56 bits per heavy atom. The van der Waals surface area contributed by atoms with E-state index in [1.807, 2.05) is 23.6 Å². The summed E-state index contributed by atoms with van der Waals surface area (Å²) >= 11 is 0. The molecule has 1 aliphatic rings. The first kappa shape index (κ1) is 15.0. The molecule has 1 fully saturated rings. The molecule has 0 aliphatic carbocycles. The smallest absolute Gasteiger partial charge is 0.317 e. The molecule has 1 amide bonds. The molecule has 1 heterocycles. The maximum absolute atomic E-state index is 11.6. The lowest BCUT2D eigenvalue weighted by molar-refractivity contribution is -0.139. The average molecular weight is 256 g/mol. The van der Waals surface area contributed by atoms with Gasteiger partial charge in [-0.1, -0.05) is 6.42 Å². The summed E-state index contributed by atoms with van der Waals surface area (Å²) < 4.78 is 0. The van der Waals surface area contributed by atoms with E-state index in [1.165, 1.54) is 0 Å². The molecule has 104 valence electrons. The molecule has 1 N–H and O–H groups in total. The molecule has 0 spiro atoms. The van der Waals surface area contributed by atoms with Crippen LogP contribution >= 0.6 is 0 Å². The van der Waals surface area contributed by atoms with E-state index in [0.29, 0.717) is 6.54 Å². The molecule has 5 heteroatoms. The number of carboxylic acids is 1. The summed E-state index contributed by atoms with van der Waals surface area (Å²) in [6.45, 7) is 7.09. The summed E-state index contributed by atoms with van der Waals surface area (Å²) in [6.07, 6.45) is 3.14. The quantitative estimate of drug-likeness (QED) is 0.802. The molecule has 1 atom stereocenters. The van der Waals surface area contributed by atoms with Crippen molar-refractivity contribution in [1.29, 1.82) is 0 Å². The number of carbonyl (C=O) groups excluding carboxylic acids is 1. The van der Waals surface area contributed by atoms with E-state index < -0.39 is 5.97 Å². The van der Waals surface area contributed by atoms with Crippen LogP contribution < -0.4 is 0 Å². The number of hydrogen-bond donors (Lipinski definition) is 1. The van der Waals surface area contributed by atoms with E-state index >= 15 is 0 Å². The minimum Gasteiger partial charge on any atom is -0.480 e. The molecule has 1 saturated heterocycles. The summed E-state index contributed by atoms with van der Waals surface area (Å²) in [5.41, 5.74) is 0. The summed E-state index contributed by atoms with van der Waals surface area (Å²) in [5, 5.41) is 8.91. The number of amides is 1. The lowest BCUT2D eigenvalue weighted by Gasteiger charge is -2.38. The first-order valence-electron chi connectivity index (χ1n) is 6.65. The fourth-order valence-electron chi connectivity index (χ4n) is 2.58. The highest BCUT2D eigenvalue weighted by molar-refractivity contribution is 5.73. The predicted molar refractivity (Wildman–Crippen MR) is 69.4 cm³/mol. The highest BCUT2D eigenvalue weighted by Crippen LogP contribution is 2.18. The van der Waals surface area contributed by atoms with Crippen molar-refractivity contribution in [3.05, 3.63) is 0 Å². The Kier molecular flexibility index (Phi) is 5.59. The van der Waals surface area contributed by atoms with Crippen LogP contribution in [0.4, 0.5) is 0 Å². The molecule has 5 nitrogen and oxygen atoms in total. The van der Waals surface area contributed by atoms with Gasteiger partial charge in [-0.25, -0.2) is 0 Å². The molecule has 1 unspecified atom stereocenters. The molecule has 18 heavy (non-hydrogen) atoms. The van der Waals surface area contributed by atoms with Crippen LogP contribution in [0.2, 0.25) is 0 Å². The zero-order valence-electron chi connectivity index (χ0n) is 11.6. The Bertz CT molecular complexity index is 305. The fourth-order valence-corrected chi connectivity index (χ4v) is 2.58. The predicted octanol–water partition coefficient (Wildman–Crippen LogP) is 1.18. The third-order valence-corrected chi connectivity index (χ3v) is 3.52. The third-order valence-electron chi connectivity index (χ3n) is 3.52. The van der Waals surface area contributed by atoms with E-state index in [9.17, 15) is 9.59 Å². The number of aliphatic carboxylic acids is 1. The molecule has 0 saturated carbocycles. The van der Waals surface area contributed by atoms with Gasteiger partial charge in [-0.3, -0.25) is 14.5 Å². The highest BCUT2D eigenvalue weighted by Gasteiger charge is 2.27. The summed E-state index contributed by atoms with van der Waals surface area (Å²) in [7, 11) is 0. The topological polar surface area (TPSA) is 60.9 Å². The second-order valence-corrected chi connectivity index (χ2v) is 5.28. The van der Waals surface area contributed by atoms with Crippen LogP contribution in [0, 0.1) is 0 Å².